The second-order valence-electron chi connectivity index (χ2n) is 4.34. The van der Waals surface area contributed by atoms with Crippen LogP contribution in [0.4, 0.5) is 17.8 Å². The maximum Gasteiger partial charge on any atom is 0.256 e. The highest BCUT2D eigenvalue weighted by Crippen LogP contribution is 2.28. The molecular formula is C12H18N6O. The van der Waals surface area contributed by atoms with Crippen LogP contribution in [0, 0.1) is 18.3 Å². The van der Waals surface area contributed by atoms with Crippen LogP contribution in [0.1, 0.15) is 12.8 Å². The van der Waals surface area contributed by atoms with Gasteiger partial charge in [-0.1, -0.05) is 5.92 Å². The van der Waals surface area contributed by atoms with Crippen LogP contribution in [-0.2, 0) is 4.84 Å². The summed E-state index contributed by atoms with van der Waals surface area (Å²) in [5.74, 6) is 4.61. The molecule has 0 aliphatic heterocycles. The summed E-state index contributed by atoms with van der Waals surface area (Å²) in [4.78, 5) is 17.8. The van der Waals surface area contributed by atoms with Crippen molar-refractivity contribution < 1.29 is 4.84 Å². The molecule has 0 atom stereocenters. The molecule has 0 spiro atoms. The number of hydrogen-bond acceptors (Lipinski definition) is 7. The number of rotatable bonds is 7. The SMILES string of the molecule is C#CCNc1nc(NCC2CC2)nc(N(C)OC)n1. The first-order valence-corrected chi connectivity index (χ1v) is 6.18. The summed E-state index contributed by atoms with van der Waals surface area (Å²) in [5.41, 5.74) is 0. The van der Waals surface area contributed by atoms with Crippen molar-refractivity contribution in [2.45, 2.75) is 12.8 Å². The van der Waals surface area contributed by atoms with Gasteiger partial charge in [0.25, 0.3) is 5.95 Å². The fraction of sp³-hybridized carbons (Fsp3) is 0.583. The lowest BCUT2D eigenvalue weighted by molar-refractivity contribution is 0.180. The summed E-state index contributed by atoms with van der Waals surface area (Å²) in [7, 11) is 3.28. The van der Waals surface area contributed by atoms with Gasteiger partial charge in [0.15, 0.2) is 0 Å². The third kappa shape index (κ3) is 3.96. The molecule has 102 valence electrons. The van der Waals surface area contributed by atoms with Gasteiger partial charge in [-0.3, -0.25) is 4.84 Å². The Hall–Kier alpha value is -2.07. The number of hydroxylamine groups is 1. The fourth-order valence-electron chi connectivity index (χ4n) is 1.43. The minimum Gasteiger partial charge on any atom is -0.354 e. The van der Waals surface area contributed by atoms with Gasteiger partial charge in [0.05, 0.1) is 13.7 Å². The summed E-state index contributed by atoms with van der Waals surface area (Å²) in [6.07, 6.45) is 7.75. The van der Waals surface area contributed by atoms with Gasteiger partial charge in [-0.05, 0) is 18.8 Å². The molecule has 1 aliphatic carbocycles. The van der Waals surface area contributed by atoms with Gasteiger partial charge in [0.1, 0.15) is 0 Å². The summed E-state index contributed by atoms with van der Waals surface area (Å²) in [5, 5.41) is 7.61. The fourth-order valence-corrected chi connectivity index (χ4v) is 1.43. The highest BCUT2D eigenvalue weighted by atomic mass is 16.7. The molecule has 1 aliphatic rings. The van der Waals surface area contributed by atoms with Crippen LogP contribution in [0.15, 0.2) is 0 Å². The van der Waals surface area contributed by atoms with Crippen molar-refractivity contribution in [3.63, 3.8) is 0 Å². The Balaban J connectivity index is 2.12. The molecule has 1 heterocycles. The van der Waals surface area contributed by atoms with E-state index in [0.29, 0.717) is 24.4 Å². The van der Waals surface area contributed by atoms with Crippen molar-refractivity contribution >= 4 is 17.8 Å². The van der Waals surface area contributed by atoms with Crippen LogP contribution in [0.25, 0.3) is 0 Å². The van der Waals surface area contributed by atoms with Crippen LogP contribution in [0.3, 0.4) is 0 Å². The van der Waals surface area contributed by atoms with Crippen molar-refractivity contribution in [1.29, 1.82) is 0 Å². The molecule has 0 saturated heterocycles. The highest BCUT2D eigenvalue weighted by molar-refractivity contribution is 5.42. The van der Waals surface area contributed by atoms with Crippen LogP contribution >= 0.6 is 0 Å². The molecule has 0 bridgehead atoms. The topological polar surface area (TPSA) is 75.2 Å². The number of nitrogens with zero attached hydrogens (tertiary/aromatic N) is 4. The Kier molecular flexibility index (Phi) is 4.36. The average Bonchev–Trinajstić information content (AvgIpc) is 3.26. The third-order valence-corrected chi connectivity index (χ3v) is 2.77. The average molecular weight is 262 g/mol. The van der Waals surface area contributed by atoms with Crippen LogP contribution < -0.4 is 15.7 Å². The normalized spacial score (nSPS) is 13.7. The maximum atomic E-state index is 5.21. The van der Waals surface area contributed by atoms with E-state index in [4.69, 9.17) is 11.3 Å². The Morgan fingerprint density at radius 3 is 2.58 bits per heavy atom. The Labute approximate surface area is 112 Å². The predicted molar refractivity (Wildman–Crippen MR) is 73.8 cm³/mol. The molecule has 1 saturated carbocycles. The summed E-state index contributed by atoms with van der Waals surface area (Å²) in [6, 6.07) is 0. The standard InChI is InChI=1S/C12H18N6O/c1-4-7-13-10-15-11(14-8-9-5-6-9)17-12(16-10)18(2)19-3/h1,9H,5-8H2,2-3H3,(H2,13,14,15,16,17). The van der Waals surface area contributed by atoms with E-state index in [-0.39, 0.29) is 0 Å². The minimum atomic E-state index is 0.363. The van der Waals surface area contributed by atoms with E-state index < -0.39 is 0 Å². The first-order chi connectivity index (χ1) is 9.22. The van der Waals surface area contributed by atoms with Crippen LogP contribution in [0.2, 0.25) is 0 Å². The maximum absolute atomic E-state index is 5.21. The lowest BCUT2D eigenvalue weighted by atomic mass is 10.4. The quantitative estimate of drug-likeness (QED) is 0.554. The van der Waals surface area contributed by atoms with Gasteiger partial charge in [0, 0.05) is 13.6 Å². The lowest BCUT2D eigenvalue weighted by Gasteiger charge is -2.15. The summed E-state index contributed by atoms with van der Waals surface area (Å²) in [6.45, 7) is 1.25. The van der Waals surface area contributed by atoms with Crippen LogP contribution in [-0.4, -0.2) is 42.2 Å². The van der Waals surface area contributed by atoms with E-state index in [1.165, 1.54) is 17.9 Å². The van der Waals surface area contributed by atoms with E-state index in [0.717, 1.165) is 12.5 Å². The molecular weight excluding hydrogens is 244 g/mol. The second-order valence-corrected chi connectivity index (χ2v) is 4.34. The molecule has 1 aromatic heterocycles. The molecule has 19 heavy (non-hydrogen) atoms. The van der Waals surface area contributed by atoms with E-state index in [1.807, 2.05) is 0 Å². The van der Waals surface area contributed by atoms with Crippen LogP contribution in [0.5, 0.6) is 0 Å². The Morgan fingerprint density at radius 1 is 1.32 bits per heavy atom. The van der Waals surface area contributed by atoms with Gasteiger partial charge >= 0.3 is 0 Å². The monoisotopic (exact) mass is 262 g/mol. The molecule has 1 fully saturated rings. The van der Waals surface area contributed by atoms with E-state index in [2.05, 4.69) is 31.5 Å². The number of hydrogen-bond donors (Lipinski definition) is 2. The molecule has 0 amide bonds. The third-order valence-electron chi connectivity index (χ3n) is 2.77. The number of aromatic nitrogens is 3. The zero-order chi connectivity index (χ0) is 13.7. The van der Waals surface area contributed by atoms with Crippen molar-refractivity contribution in [3.8, 4) is 12.3 Å². The number of anilines is 3. The van der Waals surface area contributed by atoms with E-state index in [1.54, 1.807) is 14.2 Å². The van der Waals surface area contributed by atoms with E-state index in [9.17, 15) is 0 Å². The summed E-state index contributed by atoms with van der Waals surface area (Å²) < 4.78 is 0. The largest absolute Gasteiger partial charge is 0.354 e. The Bertz CT molecular complexity index is 468. The van der Waals surface area contributed by atoms with Gasteiger partial charge < -0.3 is 10.6 Å². The first-order valence-electron chi connectivity index (χ1n) is 6.18. The zero-order valence-electron chi connectivity index (χ0n) is 11.2. The zero-order valence-corrected chi connectivity index (χ0v) is 11.2. The van der Waals surface area contributed by atoms with Crippen molar-refractivity contribution in [3.05, 3.63) is 0 Å². The predicted octanol–water partition coefficient (Wildman–Crippen LogP) is 0.736. The number of terminal acetylenes is 1. The number of nitrogens with one attached hydrogen (secondary N) is 2. The van der Waals surface area contributed by atoms with Crippen molar-refractivity contribution in [2.24, 2.45) is 5.92 Å². The first kappa shape index (κ1) is 13.4. The van der Waals surface area contributed by atoms with E-state index >= 15 is 0 Å². The summed E-state index contributed by atoms with van der Waals surface area (Å²) >= 11 is 0. The van der Waals surface area contributed by atoms with Gasteiger partial charge in [0.2, 0.25) is 11.9 Å². The molecule has 0 aromatic carbocycles. The van der Waals surface area contributed by atoms with Gasteiger partial charge in [-0.2, -0.15) is 15.0 Å². The molecule has 2 N–H and O–H groups in total. The molecule has 2 rings (SSSR count). The molecule has 0 unspecified atom stereocenters. The Morgan fingerprint density at radius 2 is 2.00 bits per heavy atom. The molecule has 0 radical (unpaired) electrons. The van der Waals surface area contributed by atoms with Gasteiger partial charge in [-0.15, -0.1) is 6.42 Å². The molecule has 7 nitrogen and oxygen atoms in total. The molecule has 1 aromatic rings. The lowest BCUT2D eigenvalue weighted by Crippen LogP contribution is -2.20. The second kappa shape index (κ2) is 6.20. The smallest absolute Gasteiger partial charge is 0.256 e. The molecule has 7 heteroatoms. The van der Waals surface area contributed by atoms with Crippen molar-refractivity contribution in [2.75, 3.05) is 42.9 Å². The minimum absolute atomic E-state index is 0.363. The van der Waals surface area contributed by atoms with Gasteiger partial charge in [-0.25, -0.2) is 5.06 Å². The highest BCUT2D eigenvalue weighted by Gasteiger charge is 2.21. The van der Waals surface area contributed by atoms with Crippen molar-refractivity contribution in [1.82, 2.24) is 15.0 Å².